The number of hydrogen-bond acceptors (Lipinski definition) is 6. The summed E-state index contributed by atoms with van der Waals surface area (Å²) in [5.74, 6) is -0.793. The maximum Gasteiger partial charge on any atom is 0.345 e. The molecule has 144 valence electrons. The average Bonchev–Trinajstić information content (AvgIpc) is 3.27. The lowest BCUT2D eigenvalue weighted by molar-refractivity contribution is 0.0702. The predicted octanol–water partition coefficient (Wildman–Crippen LogP) is 5.78. The van der Waals surface area contributed by atoms with Gasteiger partial charge < -0.3 is 15.5 Å². The van der Waals surface area contributed by atoms with Gasteiger partial charge in [-0.05, 0) is 36.8 Å². The van der Waals surface area contributed by atoms with Crippen LogP contribution in [0, 0.1) is 0 Å². The first-order valence-corrected chi connectivity index (χ1v) is 10.5. The molecular weight excluding hydrogens is 436 g/mol. The molecule has 0 radical (unpaired) electrons. The number of thiophene rings is 2. The molecule has 0 saturated carbocycles. The average molecular weight is 451 g/mol. The summed E-state index contributed by atoms with van der Waals surface area (Å²) in [6, 6.07) is 10.5. The zero-order valence-electron chi connectivity index (χ0n) is 14.6. The number of anilines is 1. The van der Waals surface area contributed by atoms with Crippen LogP contribution in [0.25, 0.3) is 10.4 Å². The summed E-state index contributed by atoms with van der Waals surface area (Å²) in [6.45, 7) is 2.04. The van der Waals surface area contributed by atoms with Gasteiger partial charge in [0, 0.05) is 21.7 Å². The van der Waals surface area contributed by atoms with Crippen molar-refractivity contribution in [1.29, 1.82) is 0 Å². The minimum atomic E-state index is -0.970. The number of nitrogens with zero attached hydrogens (tertiary/aromatic N) is 1. The van der Waals surface area contributed by atoms with Crippen LogP contribution in [-0.4, -0.2) is 33.4 Å². The lowest BCUT2D eigenvalue weighted by atomic mass is 10.1. The highest BCUT2D eigenvalue weighted by Crippen LogP contribution is 2.39. The van der Waals surface area contributed by atoms with E-state index >= 15 is 0 Å². The molecule has 0 aliphatic rings. The van der Waals surface area contributed by atoms with E-state index in [1.54, 1.807) is 18.2 Å². The van der Waals surface area contributed by atoms with Crippen LogP contribution in [0.15, 0.2) is 46.8 Å². The van der Waals surface area contributed by atoms with Gasteiger partial charge in [0.2, 0.25) is 0 Å². The van der Waals surface area contributed by atoms with Crippen LogP contribution in [-0.2, 0) is 0 Å². The predicted molar refractivity (Wildman–Crippen MR) is 121 cm³/mol. The Balaban J connectivity index is 1.68. The molecule has 28 heavy (non-hydrogen) atoms. The van der Waals surface area contributed by atoms with E-state index in [4.69, 9.17) is 28.9 Å². The number of rotatable bonds is 6. The van der Waals surface area contributed by atoms with Crippen LogP contribution in [0.4, 0.5) is 5.00 Å². The topological polar surface area (TPSA) is 81.9 Å². The minimum absolute atomic E-state index is 0.178. The van der Waals surface area contributed by atoms with E-state index in [-0.39, 0.29) is 17.2 Å². The molecule has 1 aromatic carbocycles. The fourth-order valence-electron chi connectivity index (χ4n) is 2.39. The standard InChI is InChI=1S/C19H15ClN2O3S3/c1-10(21-8-15(26)22-16-7-6-14(28-16)19(24)25)13-9-27-18(17(13)23)11-2-4-12(20)5-3-11/h2-7,9,23H,8H2,1H3,(H,22,26)(H,24,25). The Morgan fingerprint density at radius 1 is 1.25 bits per heavy atom. The van der Waals surface area contributed by atoms with Crippen molar-refractivity contribution in [1.82, 2.24) is 0 Å². The quantitative estimate of drug-likeness (QED) is 0.327. The SMILES string of the molecule is CC(=NCC(=S)Nc1ccc(C(=O)O)s1)c1csc(-c2ccc(Cl)cc2)c1O. The van der Waals surface area contributed by atoms with Gasteiger partial charge in [0.05, 0.1) is 16.4 Å². The lowest BCUT2D eigenvalue weighted by Gasteiger charge is -2.05. The molecule has 0 spiro atoms. The van der Waals surface area contributed by atoms with Crippen molar-refractivity contribution in [2.24, 2.45) is 4.99 Å². The molecule has 2 aromatic heterocycles. The Labute approximate surface area is 180 Å². The van der Waals surface area contributed by atoms with Crippen LogP contribution < -0.4 is 5.32 Å². The first kappa shape index (κ1) is 20.5. The van der Waals surface area contributed by atoms with Gasteiger partial charge in [0.1, 0.15) is 15.6 Å². The maximum atomic E-state index is 10.9. The molecule has 0 fully saturated rings. The van der Waals surface area contributed by atoms with Crippen molar-refractivity contribution in [3.05, 3.63) is 57.2 Å². The zero-order valence-corrected chi connectivity index (χ0v) is 17.8. The molecule has 0 aliphatic heterocycles. The van der Waals surface area contributed by atoms with E-state index in [1.807, 2.05) is 24.4 Å². The van der Waals surface area contributed by atoms with Crippen molar-refractivity contribution in [3.63, 3.8) is 0 Å². The van der Waals surface area contributed by atoms with Gasteiger partial charge in [-0.2, -0.15) is 0 Å². The Kier molecular flexibility index (Phi) is 6.46. The summed E-state index contributed by atoms with van der Waals surface area (Å²) in [5, 5.41) is 25.7. The number of carboxylic acids is 1. The van der Waals surface area contributed by atoms with Gasteiger partial charge in [0.15, 0.2) is 0 Å². The van der Waals surface area contributed by atoms with Crippen molar-refractivity contribution in [2.75, 3.05) is 11.9 Å². The summed E-state index contributed by atoms with van der Waals surface area (Å²) in [7, 11) is 0. The van der Waals surface area contributed by atoms with E-state index in [2.05, 4.69) is 10.3 Å². The number of thiocarbonyl (C=S) groups is 1. The Hall–Kier alpha value is -2.26. The van der Waals surface area contributed by atoms with E-state index in [9.17, 15) is 9.90 Å². The largest absolute Gasteiger partial charge is 0.506 e. The summed E-state index contributed by atoms with van der Waals surface area (Å²) in [4.78, 5) is 16.8. The number of nitrogens with one attached hydrogen (secondary N) is 1. The molecule has 5 nitrogen and oxygen atoms in total. The molecule has 9 heteroatoms. The molecule has 0 atom stereocenters. The second kappa shape index (κ2) is 8.83. The molecule has 0 bridgehead atoms. The highest BCUT2D eigenvalue weighted by atomic mass is 35.5. The van der Waals surface area contributed by atoms with Gasteiger partial charge in [0.25, 0.3) is 0 Å². The summed E-state index contributed by atoms with van der Waals surface area (Å²) < 4.78 is 0. The smallest absolute Gasteiger partial charge is 0.345 e. The third-order valence-electron chi connectivity index (χ3n) is 3.80. The summed E-state index contributed by atoms with van der Waals surface area (Å²) in [5.41, 5.74) is 2.20. The van der Waals surface area contributed by atoms with E-state index < -0.39 is 5.97 Å². The monoisotopic (exact) mass is 450 g/mol. The molecule has 3 rings (SSSR count). The highest BCUT2D eigenvalue weighted by Gasteiger charge is 2.15. The van der Waals surface area contributed by atoms with Gasteiger partial charge in [-0.1, -0.05) is 36.0 Å². The van der Waals surface area contributed by atoms with Gasteiger partial charge in [-0.3, -0.25) is 4.99 Å². The van der Waals surface area contributed by atoms with Crippen molar-refractivity contribution < 1.29 is 15.0 Å². The normalized spacial score (nSPS) is 11.4. The van der Waals surface area contributed by atoms with Gasteiger partial charge >= 0.3 is 5.97 Å². The number of hydrogen-bond donors (Lipinski definition) is 3. The van der Waals surface area contributed by atoms with Crippen LogP contribution in [0.3, 0.4) is 0 Å². The lowest BCUT2D eigenvalue weighted by Crippen LogP contribution is -2.12. The molecule has 0 unspecified atom stereocenters. The van der Waals surface area contributed by atoms with Crippen LogP contribution >= 0.6 is 46.5 Å². The van der Waals surface area contributed by atoms with E-state index in [0.29, 0.717) is 26.3 Å². The first-order valence-electron chi connectivity index (χ1n) is 8.06. The number of benzene rings is 1. The molecule has 3 aromatic rings. The number of halogens is 1. The third kappa shape index (κ3) is 4.77. The van der Waals surface area contributed by atoms with Crippen molar-refractivity contribution in [2.45, 2.75) is 6.92 Å². The molecule has 0 aliphatic carbocycles. The van der Waals surface area contributed by atoms with Crippen molar-refractivity contribution >= 4 is 68.2 Å². The maximum absolute atomic E-state index is 10.9. The number of carbonyl (C=O) groups is 1. The fourth-order valence-corrected chi connectivity index (χ4v) is 4.53. The second-order valence-corrected chi connectivity index (χ2v) is 8.65. The number of carboxylic acid groups (broad SMARTS) is 1. The Morgan fingerprint density at radius 2 is 1.96 bits per heavy atom. The molecular formula is C19H15ClN2O3S3. The van der Waals surface area contributed by atoms with E-state index in [0.717, 1.165) is 21.8 Å². The molecule has 0 amide bonds. The molecule has 0 saturated heterocycles. The molecule has 3 N–H and O–H groups in total. The summed E-state index contributed by atoms with van der Waals surface area (Å²) >= 11 is 13.7. The van der Waals surface area contributed by atoms with Gasteiger partial charge in [-0.15, -0.1) is 22.7 Å². The van der Waals surface area contributed by atoms with Gasteiger partial charge in [-0.25, -0.2) is 4.79 Å². The summed E-state index contributed by atoms with van der Waals surface area (Å²) in [6.07, 6.45) is 0. The second-order valence-electron chi connectivity index (χ2n) is 5.75. The Bertz CT molecular complexity index is 1050. The van der Waals surface area contributed by atoms with E-state index in [1.165, 1.54) is 17.4 Å². The first-order chi connectivity index (χ1) is 13.3. The highest BCUT2D eigenvalue weighted by molar-refractivity contribution is 7.80. The fraction of sp³-hybridized carbons (Fsp3) is 0.105. The van der Waals surface area contributed by atoms with Crippen molar-refractivity contribution in [3.8, 4) is 16.2 Å². The van der Waals surface area contributed by atoms with Crippen LogP contribution in [0.2, 0.25) is 5.02 Å². The molecule has 2 heterocycles. The number of aromatic carboxylic acids is 1. The third-order valence-corrected chi connectivity index (χ3v) is 6.29. The number of aliphatic imine (C=N–C) groups is 1. The zero-order chi connectivity index (χ0) is 20.3. The van der Waals surface area contributed by atoms with Crippen LogP contribution in [0.1, 0.15) is 22.2 Å². The Morgan fingerprint density at radius 3 is 2.61 bits per heavy atom. The number of aromatic hydroxyl groups is 1. The van der Waals surface area contributed by atoms with Crippen LogP contribution in [0.5, 0.6) is 5.75 Å². The minimum Gasteiger partial charge on any atom is -0.506 e.